The minimum absolute atomic E-state index is 0.139. The molecule has 0 aliphatic heterocycles. The van der Waals surface area contributed by atoms with Crippen molar-refractivity contribution >= 4 is 17.6 Å². The maximum absolute atomic E-state index is 10.4. The van der Waals surface area contributed by atoms with Crippen LogP contribution in [0.2, 0.25) is 0 Å². The van der Waals surface area contributed by atoms with Gasteiger partial charge in [-0.1, -0.05) is 0 Å². The highest BCUT2D eigenvalue weighted by Gasteiger charge is 2.10. The molecule has 0 aromatic carbocycles. The number of carboxylic acid groups (broad SMARTS) is 1. The van der Waals surface area contributed by atoms with E-state index in [4.69, 9.17) is 10.2 Å². The van der Waals surface area contributed by atoms with Gasteiger partial charge in [-0.15, -0.1) is 10.2 Å². The van der Waals surface area contributed by atoms with Crippen LogP contribution in [0.15, 0.2) is 6.07 Å². The lowest BCUT2D eigenvalue weighted by molar-refractivity contribution is 0.209. The third-order valence-electron chi connectivity index (χ3n) is 2.12. The van der Waals surface area contributed by atoms with Gasteiger partial charge in [0.05, 0.1) is 12.3 Å². The monoisotopic (exact) mass is 226 g/mol. The minimum Gasteiger partial charge on any atom is -0.465 e. The van der Waals surface area contributed by atoms with Crippen LogP contribution in [-0.2, 0) is 6.61 Å². The van der Waals surface area contributed by atoms with E-state index in [0.717, 1.165) is 0 Å². The molecule has 1 amide bonds. The number of rotatable bonds is 4. The van der Waals surface area contributed by atoms with Gasteiger partial charge in [0.2, 0.25) is 0 Å². The number of aromatic nitrogens is 2. The summed E-state index contributed by atoms with van der Waals surface area (Å²) in [6, 6.07) is 1.54. The third-order valence-corrected chi connectivity index (χ3v) is 2.12. The maximum Gasteiger partial charge on any atom is 0.410 e. The standard InChI is InChI=1S/C9H14N4O3/c1-3-13(2)7-4-8(10-9(15)16)12-11-6(7)5-14/h4,14H,3,5H2,1-2H3,(H,10,12)(H,15,16). The van der Waals surface area contributed by atoms with E-state index in [-0.39, 0.29) is 12.4 Å². The molecule has 7 nitrogen and oxygen atoms in total. The van der Waals surface area contributed by atoms with Crippen LogP contribution in [0.1, 0.15) is 12.6 Å². The highest BCUT2D eigenvalue weighted by molar-refractivity contribution is 5.82. The number of anilines is 2. The van der Waals surface area contributed by atoms with Gasteiger partial charge in [0, 0.05) is 19.7 Å². The summed E-state index contributed by atoms with van der Waals surface area (Å²) in [6.45, 7) is 2.41. The molecule has 7 heteroatoms. The molecule has 0 aliphatic carbocycles. The summed E-state index contributed by atoms with van der Waals surface area (Å²) in [5, 5.41) is 27.1. The first kappa shape index (κ1) is 12.2. The molecule has 0 unspecified atom stereocenters. The van der Waals surface area contributed by atoms with Crippen LogP contribution < -0.4 is 10.2 Å². The number of amides is 1. The normalized spacial score (nSPS) is 9.94. The summed E-state index contributed by atoms with van der Waals surface area (Å²) in [7, 11) is 1.82. The molecule has 88 valence electrons. The molecule has 3 N–H and O–H groups in total. The average Bonchev–Trinajstić information content (AvgIpc) is 2.27. The number of carbonyl (C=O) groups is 1. The Morgan fingerprint density at radius 3 is 2.75 bits per heavy atom. The van der Waals surface area contributed by atoms with Crippen LogP contribution >= 0.6 is 0 Å². The number of aliphatic hydroxyl groups is 1. The van der Waals surface area contributed by atoms with Crippen LogP contribution in [0.5, 0.6) is 0 Å². The van der Waals surface area contributed by atoms with Gasteiger partial charge in [-0.2, -0.15) is 0 Å². The molecule has 0 spiro atoms. The first-order valence-corrected chi connectivity index (χ1v) is 4.77. The Bertz CT molecular complexity index is 383. The molecule has 1 heterocycles. The van der Waals surface area contributed by atoms with Crippen molar-refractivity contribution in [1.29, 1.82) is 0 Å². The maximum atomic E-state index is 10.4. The summed E-state index contributed by atoms with van der Waals surface area (Å²) >= 11 is 0. The van der Waals surface area contributed by atoms with Gasteiger partial charge in [0.25, 0.3) is 0 Å². The van der Waals surface area contributed by atoms with Gasteiger partial charge < -0.3 is 15.1 Å². The molecule has 0 radical (unpaired) electrons. The van der Waals surface area contributed by atoms with Crippen molar-refractivity contribution in [2.45, 2.75) is 13.5 Å². The third kappa shape index (κ3) is 2.80. The lowest BCUT2D eigenvalue weighted by Gasteiger charge is -2.19. The second kappa shape index (κ2) is 5.26. The van der Waals surface area contributed by atoms with Gasteiger partial charge in [-0.05, 0) is 6.92 Å². The van der Waals surface area contributed by atoms with Crippen LogP contribution in [0.25, 0.3) is 0 Å². The molecule has 0 fully saturated rings. The first-order valence-electron chi connectivity index (χ1n) is 4.77. The summed E-state index contributed by atoms with van der Waals surface area (Å²) in [4.78, 5) is 12.3. The lowest BCUT2D eigenvalue weighted by Crippen LogP contribution is -2.20. The fraction of sp³-hybridized carbons (Fsp3) is 0.444. The van der Waals surface area contributed by atoms with E-state index in [2.05, 4.69) is 15.5 Å². The Balaban J connectivity index is 3.05. The summed E-state index contributed by atoms with van der Waals surface area (Å²) < 4.78 is 0. The van der Waals surface area contributed by atoms with Crippen LogP contribution in [0.3, 0.4) is 0 Å². The largest absolute Gasteiger partial charge is 0.465 e. The molecule has 1 aromatic rings. The molecular formula is C9H14N4O3. The smallest absolute Gasteiger partial charge is 0.410 e. The van der Waals surface area contributed by atoms with Crippen molar-refractivity contribution in [2.75, 3.05) is 23.8 Å². The van der Waals surface area contributed by atoms with Gasteiger partial charge in [0.1, 0.15) is 5.69 Å². The molecule has 0 atom stereocenters. The average molecular weight is 226 g/mol. The molecule has 0 saturated heterocycles. The van der Waals surface area contributed by atoms with E-state index in [1.165, 1.54) is 6.07 Å². The van der Waals surface area contributed by atoms with Crippen molar-refractivity contribution in [1.82, 2.24) is 10.2 Å². The van der Waals surface area contributed by atoms with Gasteiger partial charge in [-0.3, -0.25) is 5.32 Å². The molecule has 16 heavy (non-hydrogen) atoms. The predicted octanol–water partition coefficient (Wildman–Crippen LogP) is 0.515. The molecule has 0 saturated carbocycles. The van der Waals surface area contributed by atoms with Crippen LogP contribution in [0.4, 0.5) is 16.3 Å². The highest BCUT2D eigenvalue weighted by atomic mass is 16.4. The second-order valence-electron chi connectivity index (χ2n) is 3.16. The predicted molar refractivity (Wildman–Crippen MR) is 58.5 cm³/mol. The lowest BCUT2D eigenvalue weighted by atomic mass is 10.3. The van der Waals surface area contributed by atoms with E-state index >= 15 is 0 Å². The van der Waals surface area contributed by atoms with Crippen molar-refractivity contribution in [3.05, 3.63) is 11.8 Å². The first-order chi connectivity index (χ1) is 7.58. The fourth-order valence-corrected chi connectivity index (χ4v) is 1.19. The van der Waals surface area contributed by atoms with Crippen molar-refractivity contribution in [2.24, 2.45) is 0 Å². The van der Waals surface area contributed by atoms with Gasteiger partial charge >= 0.3 is 6.09 Å². The minimum atomic E-state index is -1.20. The Morgan fingerprint density at radius 1 is 1.56 bits per heavy atom. The molecular weight excluding hydrogens is 212 g/mol. The Morgan fingerprint density at radius 2 is 2.25 bits per heavy atom. The van der Waals surface area contributed by atoms with Crippen LogP contribution in [0, 0.1) is 0 Å². The quantitative estimate of drug-likeness (QED) is 0.692. The molecule has 1 aromatic heterocycles. The number of nitrogens with one attached hydrogen (secondary N) is 1. The van der Waals surface area contributed by atoms with Crippen molar-refractivity contribution < 1.29 is 15.0 Å². The number of hydrogen-bond acceptors (Lipinski definition) is 5. The Kier molecular flexibility index (Phi) is 4.01. The van der Waals surface area contributed by atoms with Crippen molar-refractivity contribution in [3.63, 3.8) is 0 Å². The SMILES string of the molecule is CCN(C)c1cc(NC(=O)O)nnc1CO. The summed E-state index contributed by atoms with van der Waals surface area (Å²) in [5.74, 6) is 0.139. The van der Waals surface area contributed by atoms with E-state index in [9.17, 15) is 4.79 Å². The number of nitrogens with zero attached hydrogens (tertiary/aromatic N) is 3. The van der Waals surface area contributed by atoms with E-state index in [1.54, 1.807) is 0 Å². The molecule has 0 aliphatic rings. The number of hydrogen-bond donors (Lipinski definition) is 3. The summed E-state index contributed by atoms with van der Waals surface area (Å²) in [5.41, 5.74) is 1.07. The van der Waals surface area contributed by atoms with E-state index < -0.39 is 6.09 Å². The molecule has 1 rings (SSSR count). The zero-order valence-electron chi connectivity index (χ0n) is 9.14. The number of aliphatic hydroxyl groups excluding tert-OH is 1. The zero-order chi connectivity index (χ0) is 12.1. The Labute approximate surface area is 92.7 Å². The molecule has 0 bridgehead atoms. The second-order valence-corrected chi connectivity index (χ2v) is 3.16. The summed E-state index contributed by atoms with van der Waals surface area (Å²) in [6.07, 6.45) is -1.20. The van der Waals surface area contributed by atoms with Gasteiger partial charge in [0.15, 0.2) is 5.82 Å². The topological polar surface area (TPSA) is 98.6 Å². The zero-order valence-corrected chi connectivity index (χ0v) is 9.14. The fourth-order valence-electron chi connectivity index (χ4n) is 1.19. The van der Waals surface area contributed by atoms with Crippen molar-refractivity contribution in [3.8, 4) is 0 Å². The van der Waals surface area contributed by atoms with E-state index in [0.29, 0.717) is 17.9 Å². The van der Waals surface area contributed by atoms with Gasteiger partial charge in [-0.25, -0.2) is 4.79 Å². The highest BCUT2D eigenvalue weighted by Crippen LogP contribution is 2.19. The Hall–Kier alpha value is -1.89. The van der Waals surface area contributed by atoms with E-state index in [1.807, 2.05) is 18.9 Å². The van der Waals surface area contributed by atoms with Crippen LogP contribution in [-0.4, -0.2) is 40.1 Å².